The maximum absolute atomic E-state index is 13.8. The van der Waals surface area contributed by atoms with Gasteiger partial charge in [-0.25, -0.2) is 8.78 Å². The zero-order chi connectivity index (χ0) is 20.8. The molecule has 6 heteroatoms. The Kier molecular flexibility index (Phi) is 6.44. The maximum atomic E-state index is 13.8. The van der Waals surface area contributed by atoms with Gasteiger partial charge in [-0.2, -0.15) is 0 Å². The highest BCUT2D eigenvalue weighted by molar-refractivity contribution is 5.95. The van der Waals surface area contributed by atoms with Crippen molar-refractivity contribution < 1.29 is 18.3 Å². The van der Waals surface area contributed by atoms with Gasteiger partial charge in [-0.15, -0.1) is 0 Å². The molecule has 3 aromatic rings. The van der Waals surface area contributed by atoms with E-state index in [4.69, 9.17) is 4.74 Å². The third kappa shape index (κ3) is 5.10. The molecule has 0 saturated heterocycles. The largest absolute Gasteiger partial charge is 0.501 e. The molecule has 1 amide bonds. The molecule has 0 aliphatic heterocycles. The summed E-state index contributed by atoms with van der Waals surface area (Å²) >= 11 is 0. The van der Waals surface area contributed by atoms with Crippen LogP contribution in [0.15, 0.2) is 72.6 Å². The molecule has 0 bridgehead atoms. The summed E-state index contributed by atoms with van der Waals surface area (Å²) in [5, 5.41) is 3.58. The summed E-state index contributed by atoms with van der Waals surface area (Å²) in [7, 11) is 1.47. The van der Waals surface area contributed by atoms with Crippen molar-refractivity contribution in [3.05, 3.63) is 95.4 Å². The van der Waals surface area contributed by atoms with Crippen LogP contribution < -0.4 is 5.32 Å². The average Bonchev–Trinajstić information content (AvgIpc) is 3.11. The fraction of sp³-hybridized carbons (Fsp3) is 0.174. The summed E-state index contributed by atoms with van der Waals surface area (Å²) in [6, 6.07) is 10.9. The van der Waals surface area contributed by atoms with Crippen LogP contribution in [0.5, 0.6) is 0 Å². The molecule has 0 aliphatic rings. The van der Waals surface area contributed by atoms with Gasteiger partial charge in [-0.1, -0.05) is 24.8 Å². The molecule has 2 N–H and O–H groups in total. The molecule has 0 radical (unpaired) electrons. The first-order valence-electron chi connectivity index (χ1n) is 9.18. The number of fused-ring (bicyclic) bond motifs is 1. The van der Waals surface area contributed by atoms with Gasteiger partial charge in [-0.3, -0.25) is 4.79 Å². The van der Waals surface area contributed by atoms with E-state index in [2.05, 4.69) is 16.9 Å². The number of methoxy groups -OCH3 is 1. The fourth-order valence-electron chi connectivity index (χ4n) is 3.05. The Morgan fingerprint density at radius 3 is 2.76 bits per heavy atom. The molecule has 0 aliphatic carbocycles. The van der Waals surface area contributed by atoms with Gasteiger partial charge >= 0.3 is 0 Å². The Morgan fingerprint density at radius 2 is 2.00 bits per heavy atom. The summed E-state index contributed by atoms with van der Waals surface area (Å²) in [5.74, 6) is -0.551. The first-order chi connectivity index (χ1) is 14.0. The molecule has 1 aromatic heterocycles. The second kappa shape index (κ2) is 9.19. The van der Waals surface area contributed by atoms with Gasteiger partial charge in [0.15, 0.2) is 0 Å². The molecule has 0 fully saturated rings. The number of amides is 1. The number of hydrogen-bond acceptors (Lipinski definition) is 2. The molecule has 4 nitrogen and oxygen atoms in total. The number of nitrogens with one attached hydrogen (secondary N) is 2. The number of ether oxygens (including phenoxy) is 1. The van der Waals surface area contributed by atoms with E-state index >= 15 is 0 Å². The quantitative estimate of drug-likeness (QED) is 0.336. The van der Waals surface area contributed by atoms with Crippen molar-refractivity contribution in [3.8, 4) is 0 Å². The summed E-state index contributed by atoms with van der Waals surface area (Å²) in [4.78, 5) is 15.4. The minimum atomic E-state index is -0.348. The molecule has 150 valence electrons. The number of hydrogen-bond donors (Lipinski definition) is 2. The molecule has 1 heterocycles. The van der Waals surface area contributed by atoms with Gasteiger partial charge < -0.3 is 15.0 Å². The Labute approximate surface area is 167 Å². The number of aromatic nitrogens is 1. The van der Waals surface area contributed by atoms with Crippen LogP contribution >= 0.6 is 0 Å². The zero-order valence-corrected chi connectivity index (χ0v) is 16.1. The Bertz CT molecular complexity index is 1070. The molecule has 2 aromatic carbocycles. The van der Waals surface area contributed by atoms with E-state index in [9.17, 15) is 13.6 Å². The van der Waals surface area contributed by atoms with Crippen LogP contribution in [0.25, 0.3) is 10.9 Å². The highest BCUT2D eigenvalue weighted by atomic mass is 19.1. The number of benzene rings is 2. The molecular weight excluding hydrogens is 374 g/mol. The molecule has 0 spiro atoms. The van der Waals surface area contributed by atoms with Crippen LogP contribution in [-0.4, -0.2) is 24.5 Å². The Balaban J connectivity index is 1.58. The topological polar surface area (TPSA) is 54.1 Å². The van der Waals surface area contributed by atoms with Crippen molar-refractivity contribution in [2.75, 3.05) is 13.7 Å². The third-order valence-corrected chi connectivity index (χ3v) is 4.62. The number of halogens is 2. The van der Waals surface area contributed by atoms with E-state index in [-0.39, 0.29) is 29.5 Å². The maximum Gasteiger partial charge on any atom is 0.250 e. The monoisotopic (exact) mass is 396 g/mol. The van der Waals surface area contributed by atoms with Gasteiger partial charge in [0.2, 0.25) is 0 Å². The molecular formula is C23H22F2N2O2. The Hall–Kier alpha value is -3.41. The smallest absolute Gasteiger partial charge is 0.250 e. The van der Waals surface area contributed by atoms with Crippen molar-refractivity contribution in [1.29, 1.82) is 0 Å². The minimum absolute atomic E-state index is 0.211. The van der Waals surface area contributed by atoms with Crippen LogP contribution in [0.4, 0.5) is 8.78 Å². The zero-order valence-electron chi connectivity index (χ0n) is 16.1. The van der Waals surface area contributed by atoms with E-state index in [1.165, 1.54) is 31.4 Å². The van der Waals surface area contributed by atoms with E-state index in [1.54, 1.807) is 24.3 Å². The lowest BCUT2D eigenvalue weighted by molar-refractivity contribution is -0.117. The number of H-pyrrole nitrogens is 1. The molecule has 0 atom stereocenters. The normalized spacial score (nSPS) is 11.5. The lowest BCUT2D eigenvalue weighted by Crippen LogP contribution is -2.26. The van der Waals surface area contributed by atoms with Gasteiger partial charge in [0.25, 0.3) is 5.91 Å². The van der Waals surface area contributed by atoms with Crippen molar-refractivity contribution in [2.45, 2.75) is 12.8 Å². The average molecular weight is 396 g/mol. The van der Waals surface area contributed by atoms with Crippen molar-refractivity contribution >= 4 is 16.8 Å². The summed E-state index contributed by atoms with van der Waals surface area (Å²) < 4.78 is 32.5. The van der Waals surface area contributed by atoms with E-state index in [0.717, 1.165) is 16.5 Å². The summed E-state index contributed by atoms with van der Waals surface area (Å²) in [6.07, 6.45) is 4.07. The lowest BCUT2D eigenvalue weighted by atomic mass is 10.1. The minimum Gasteiger partial charge on any atom is -0.501 e. The Morgan fingerprint density at radius 1 is 1.21 bits per heavy atom. The highest BCUT2D eigenvalue weighted by Crippen LogP contribution is 2.19. The van der Waals surface area contributed by atoms with Crippen LogP contribution in [0.2, 0.25) is 0 Å². The molecule has 0 saturated carbocycles. The predicted octanol–water partition coefficient (Wildman–Crippen LogP) is 4.43. The van der Waals surface area contributed by atoms with Crippen molar-refractivity contribution in [1.82, 2.24) is 10.3 Å². The number of allylic oxidation sites excluding steroid dienone is 1. The first-order valence-corrected chi connectivity index (χ1v) is 9.18. The molecule has 3 rings (SSSR count). The summed E-state index contributed by atoms with van der Waals surface area (Å²) in [5.41, 5.74) is 2.44. The van der Waals surface area contributed by atoms with Crippen LogP contribution in [0.1, 0.15) is 11.1 Å². The number of carbonyl (C=O) groups is 1. The number of carbonyl (C=O) groups excluding carboxylic acids is 1. The lowest BCUT2D eigenvalue weighted by Gasteiger charge is -2.09. The van der Waals surface area contributed by atoms with Gasteiger partial charge in [0.1, 0.15) is 17.4 Å². The van der Waals surface area contributed by atoms with Crippen molar-refractivity contribution in [2.24, 2.45) is 0 Å². The molecule has 29 heavy (non-hydrogen) atoms. The number of aromatic amines is 1. The second-order valence-electron chi connectivity index (χ2n) is 6.62. The van der Waals surface area contributed by atoms with E-state index in [0.29, 0.717) is 24.3 Å². The third-order valence-electron chi connectivity index (χ3n) is 4.62. The molecule has 0 unspecified atom stereocenters. The van der Waals surface area contributed by atoms with Gasteiger partial charge in [-0.05, 0) is 47.9 Å². The number of rotatable bonds is 8. The predicted molar refractivity (Wildman–Crippen MR) is 109 cm³/mol. The van der Waals surface area contributed by atoms with Gasteiger partial charge in [0.05, 0.1) is 7.11 Å². The van der Waals surface area contributed by atoms with Gasteiger partial charge in [0, 0.05) is 35.6 Å². The van der Waals surface area contributed by atoms with Crippen LogP contribution in [0.3, 0.4) is 0 Å². The first kappa shape index (κ1) is 20.3. The second-order valence-corrected chi connectivity index (χ2v) is 6.62. The van der Waals surface area contributed by atoms with Crippen LogP contribution in [-0.2, 0) is 22.4 Å². The fourth-order valence-corrected chi connectivity index (χ4v) is 3.05. The van der Waals surface area contributed by atoms with Crippen LogP contribution in [0, 0.1) is 11.6 Å². The highest BCUT2D eigenvalue weighted by Gasteiger charge is 2.10. The standard InChI is InChI=1S/C23H22F2N2O2/c1-15(11-19(29-2)12-16-5-3-4-6-21(16)25)23(28)26-10-9-17-14-27-22-8-7-18(24)13-20(17)22/h3-8,11,13-14,27H,1,9-10,12H2,2H3,(H,26,28)/b19-11-. The SMILES string of the molecule is C=C(/C=C(/Cc1ccccc1F)OC)C(=O)NCCc1c[nH]c2ccc(F)cc12. The van der Waals surface area contributed by atoms with Crippen molar-refractivity contribution in [3.63, 3.8) is 0 Å². The van der Waals surface area contributed by atoms with E-state index < -0.39 is 0 Å². The van der Waals surface area contributed by atoms with E-state index in [1.807, 2.05) is 6.20 Å². The summed E-state index contributed by atoms with van der Waals surface area (Å²) in [6.45, 7) is 4.13.